The number of carbonyl (C=O) groups excluding carboxylic acids is 2. The van der Waals surface area contributed by atoms with E-state index in [1.165, 1.54) is 0 Å². The Morgan fingerprint density at radius 2 is 1.95 bits per heavy atom. The molecule has 0 heterocycles. The van der Waals surface area contributed by atoms with E-state index in [0.29, 0.717) is 6.42 Å². The van der Waals surface area contributed by atoms with E-state index in [2.05, 4.69) is 5.32 Å². The van der Waals surface area contributed by atoms with Gasteiger partial charge in [0, 0.05) is 0 Å². The fourth-order valence-corrected chi connectivity index (χ4v) is 1.59. The zero-order valence-corrected chi connectivity index (χ0v) is 11.2. The number of alkyl carbamates (subject to hydrolysis) is 1. The molecule has 2 atom stereocenters. The van der Waals surface area contributed by atoms with Crippen LogP contribution in [0.4, 0.5) is 4.79 Å². The highest BCUT2D eigenvalue weighted by atomic mass is 16.5. The molecule has 2 unspecified atom stereocenters. The van der Waals surface area contributed by atoms with Gasteiger partial charge in [0.25, 0.3) is 5.91 Å². The highest BCUT2D eigenvalue weighted by Crippen LogP contribution is 2.08. The zero-order valence-electron chi connectivity index (χ0n) is 11.2. The Kier molecular flexibility index (Phi) is 5.85. The van der Waals surface area contributed by atoms with Crippen LogP contribution in [0.5, 0.6) is 0 Å². The van der Waals surface area contributed by atoms with Crippen LogP contribution >= 0.6 is 0 Å². The summed E-state index contributed by atoms with van der Waals surface area (Å²) in [5.41, 5.74) is 8.02. The minimum Gasteiger partial charge on any atom is -0.445 e. The van der Waals surface area contributed by atoms with E-state index in [1.807, 2.05) is 44.2 Å². The van der Waals surface area contributed by atoms with Crippen molar-refractivity contribution < 1.29 is 14.3 Å². The number of nitrogens with one attached hydrogen (secondary N) is 2. The van der Waals surface area contributed by atoms with Crippen molar-refractivity contribution in [2.75, 3.05) is 0 Å². The largest absolute Gasteiger partial charge is 0.445 e. The van der Waals surface area contributed by atoms with E-state index < -0.39 is 18.0 Å². The summed E-state index contributed by atoms with van der Waals surface area (Å²) in [6.45, 7) is 3.86. The summed E-state index contributed by atoms with van der Waals surface area (Å²) in [7, 11) is 0. The third-order valence-electron chi connectivity index (χ3n) is 2.98. The molecule has 0 aliphatic carbocycles. The standard InChI is InChI=1S/C14H19N2O3/c1-3-10(2)12(13(15)17)16-14(18)19-9-11-7-5-4-6-8-11/h4-8,10,12,15H,3,9H2,1-2H3,(H,16,18). The highest BCUT2D eigenvalue weighted by Gasteiger charge is 2.24. The maximum absolute atomic E-state index is 11.6. The monoisotopic (exact) mass is 263 g/mol. The molecular weight excluding hydrogens is 244 g/mol. The van der Waals surface area contributed by atoms with Crippen LogP contribution in [0.1, 0.15) is 25.8 Å². The van der Waals surface area contributed by atoms with Gasteiger partial charge in [-0.2, -0.15) is 0 Å². The van der Waals surface area contributed by atoms with E-state index in [9.17, 15) is 9.59 Å². The molecule has 0 saturated heterocycles. The van der Waals surface area contributed by atoms with Gasteiger partial charge in [0.15, 0.2) is 0 Å². The molecule has 1 aromatic rings. The second kappa shape index (κ2) is 7.41. The van der Waals surface area contributed by atoms with E-state index in [-0.39, 0.29) is 12.5 Å². The van der Waals surface area contributed by atoms with Gasteiger partial charge in [-0.05, 0) is 11.5 Å². The van der Waals surface area contributed by atoms with Crippen molar-refractivity contribution in [3.63, 3.8) is 0 Å². The van der Waals surface area contributed by atoms with Gasteiger partial charge in [-0.3, -0.25) is 10.5 Å². The van der Waals surface area contributed by atoms with Gasteiger partial charge >= 0.3 is 6.09 Å². The quantitative estimate of drug-likeness (QED) is 0.853. The average Bonchev–Trinajstić information content (AvgIpc) is 2.42. The fraction of sp³-hybridized carbons (Fsp3) is 0.429. The first-order chi connectivity index (χ1) is 9.04. The molecule has 0 bridgehead atoms. The summed E-state index contributed by atoms with van der Waals surface area (Å²) in [6, 6.07) is 8.46. The molecular formula is C14H19N2O3. The first kappa shape index (κ1) is 15.0. The molecule has 5 nitrogen and oxygen atoms in total. The predicted octanol–water partition coefficient (Wildman–Crippen LogP) is 2.14. The van der Waals surface area contributed by atoms with Crippen LogP contribution in [0, 0.1) is 5.92 Å². The molecule has 0 aromatic heterocycles. The van der Waals surface area contributed by atoms with Crippen molar-refractivity contribution in [1.82, 2.24) is 11.1 Å². The van der Waals surface area contributed by atoms with Crippen molar-refractivity contribution in [3.05, 3.63) is 35.9 Å². The number of rotatable bonds is 6. The SMILES string of the molecule is CCC(C)C(NC(=O)OCc1ccccc1)C([NH])=O. The van der Waals surface area contributed by atoms with Crippen LogP contribution in [-0.4, -0.2) is 18.0 Å². The lowest BCUT2D eigenvalue weighted by molar-refractivity contribution is -0.121. The number of hydrogen-bond acceptors (Lipinski definition) is 3. The fourth-order valence-electron chi connectivity index (χ4n) is 1.59. The van der Waals surface area contributed by atoms with Crippen LogP contribution in [0.15, 0.2) is 30.3 Å². The van der Waals surface area contributed by atoms with Crippen molar-refractivity contribution in [3.8, 4) is 0 Å². The molecule has 1 rings (SSSR count). The molecule has 0 fully saturated rings. The molecule has 2 amide bonds. The van der Waals surface area contributed by atoms with Gasteiger partial charge in [-0.25, -0.2) is 4.79 Å². The highest BCUT2D eigenvalue weighted by molar-refractivity contribution is 5.83. The Morgan fingerprint density at radius 1 is 1.32 bits per heavy atom. The number of hydrogen-bond donors (Lipinski definition) is 1. The van der Waals surface area contributed by atoms with E-state index >= 15 is 0 Å². The number of benzene rings is 1. The maximum Gasteiger partial charge on any atom is 0.408 e. The molecule has 0 aliphatic rings. The first-order valence-electron chi connectivity index (χ1n) is 6.27. The Morgan fingerprint density at radius 3 is 2.47 bits per heavy atom. The van der Waals surface area contributed by atoms with Gasteiger partial charge in [0.2, 0.25) is 0 Å². The van der Waals surface area contributed by atoms with Gasteiger partial charge < -0.3 is 10.1 Å². The summed E-state index contributed by atoms with van der Waals surface area (Å²) in [5.74, 6) is -0.889. The van der Waals surface area contributed by atoms with Crippen LogP contribution in [0.25, 0.3) is 0 Å². The summed E-state index contributed by atoms with van der Waals surface area (Å²) >= 11 is 0. The molecule has 19 heavy (non-hydrogen) atoms. The van der Waals surface area contributed by atoms with Crippen molar-refractivity contribution in [1.29, 1.82) is 0 Å². The smallest absolute Gasteiger partial charge is 0.408 e. The van der Waals surface area contributed by atoms with Crippen LogP contribution in [-0.2, 0) is 16.1 Å². The van der Waals surface area contributed by atoms with Crippen molar-refractivity contribution in [2.45, 2.75) is 32.9 Å². The number of carbonyl (C=O) groups is 2. The minimum absolute atomic E-state index is 0.0886. The summed E-state index contributed by atoms with van der Waals surface area (Å²) < 4.78 is 5.02. The summed E-state index contributed by atoms with van der Waals surface area (Å²) in [6.07, 6.45) is 0.0311. The lowest BCUT2D eigenvalue weighted by atomic mass is 9.99. The lowest BCUT2D eigenvalue weighted by Crippen LogP contribution is -2.45. The van der Waals surface area contributed by atoms with Gasteiger partial charge in [-0.15, -0.1) is 0 Å². The van der Waals surface area contributed by atoms with Gasteiger partial charge in [0.1, 0.15) is 12.6 Å². The number of amides is 2. The van der Waals surface area contributed by atoms with Crippen molar-refractivity contribution in [2.24, 2.45) is 5.92 Å². The zero-order chi connectivity index (χ0) is 14.3. The second-order valence-electron chi connectivity index (χ2n) is 4.43. The molecule has 2 N–H and O–H groups in total. The molecule has 0 spiro atoms. The Balaban J connectivity index is 2.47. The summed E-state index contributed by atoms with van der Waals surface area (Å²) in [5, 5.41) is 2.44. The maximum atomic E-state index is 11.6. The number of ether oxygens (including phenoxy) is 1. The second-order valence-corrected chi connectivity index (χ2v) is 4.43. The molecule has 1 radical (unpaired) electrons. The first-order valence-corrected chi connectivity index (χ1v) is 6.27. The van der Waals surface area contributed by atoms with E-state index in [1.54, 1.807) is 0 Å². The third-order valence-corrected chi connectivity index (χ3v) is 2.98. The molecule has 103 valence electrons. The van der Waals surface area contributed by atoms with Crippen molar-refractivity contribution >= 4 is 12.0 Å². The van der Waals surface area contributed by atoms with Crippen LogP contribution in [0.3, 0.4) is 0 Å². The molecule has 0 aliphatic heterocycles. The van der Waals surface area contributed by atoms with Gasteiger partial charge in [0.05, 0.1) is 0 Å². The van der Waals surface area contributed by atoms with Gasteiger partial charge in [-0.1, -0.05) is 50.6 Å². The van der Waals surface area contributed by atoms with Crippen LogP contribution in [0.2, 0.25) is 0 Å². The normalized spacial score (nSPS) is 13.4. The minimum atomic E-state index is -0.812. The topological polar surface area (TPSA) is 79.2 Å². The molecule has 1 aromatic carbocycles. The Bertz CT molecular complexity index is 420. The third kappa shape index (κ3) is 4.99. The van der Waals surface area contributed by atoms with E-state index in [4.69, 9.17) is 10.5 Å². The molecule has 5 heteroatoms. The van der Waals surface area contributed by atoms with Crippen LogP contribution < -0.4 is 11.1 Å². The predicted molar refractivity (Wildman–Crippen MR) is 71.1 cm³/mol. The summed E-state index contributed by atoms with van der Waals surface area (Å²) in [4.78, 5) is 22.7. The lowest BCUT2D eigenvalue weighted by Gasteiger charge is -2.20. The average molecular weight is 263 g/mol. The van der Waals surface area contributed by atoms with E-state index in [0.717, 1.165) is 5.56 Å². The molecule has 0 saturated carbocycles. The Labute approximate surface area is 113 Å². The Hall–Kier alpha value is -2.04.